The first-order valence-electron chi connectivity index (χ1n) is 4.71. The predicted octanol–water partition coefficient (Wildman–Crippen LogP) is 0.295. The lowest BCUT2D eigenvalue weighted by Crippen LogP contribution is -2.28. The van der Waals surface area contributed by atoms with Gasteiger partial charge in [0.1, 0.15) is 0 Å². The van der Waals surface area contributed by atoms with E-state index < -0.39 is 10.8 Å². The zero-order valence-electron chi connectivity index (χ0n) is 9.17. The lowest BCUT2D eigenvalue weighted by molar-refractivity contribution is 0.399. The highest BCUT2D eigenvalue weighted by atomic mass is 32.2. The molecule has 13 heavy (non-hydrogen) atoms. The van der Waals surface area contributed by atoms with E-state index in [0.29, 0.717) is 5.25 Å². The number of hydrogen-bond donors (Lipinski definition) is 1. The summed E-state index contributed by atoms with van der Waals surface area (Å²) < 4.78 is 11.0. The quantitative estimate of drug-likeness (QED) is 0.608. The van der Waals surface area contributed by atoms with Crippen LogP contribution < -0.4 is 5.32 Å². The Morgan fingerprint density at radius 1 is 1.38 bits per heavy atom. The van der Waals surface area contributed by atoms with E-state index in [9.17, 15) is 4.21 Å². The van der Waals surface area contributed by atoms with Crippen molar-refractivity contribution in [3.05, 3.63) is 0 Å². The molecule has 0 aliphatic rings. The SMILES string of the molecule is CC(CCNCCN(C)C)S(C)=O. The molecule has 0 heterocycles. The van der Waals surface area contributed by atoms with Crippen LogP contribution in [0, 0.1) is 0 Å². The Morgan fingerprint density at radius 2 is 2.00 bits per heavy atom. The van der Waals surface area contributed by atoms with Gasteiger partial charge in [-0.2, -0.15) is 0 Å². The van der Waals surface area contributed by atoms with E-state index in [2.05, 4.69) is 24.3 Å². The Balaban J connectivity index is 3.21. The van der Waals surface area contributed by atoms with E-state index in [1.54, 1.807) is 6.26 Å². The molecule has 0 aromatic rings. The minimum absolute atomic E-state index is 0.312. The maximum atomic E-state index is 11.0. The Labute approximate surface area is 84.3 Å². The third-order valence-corrected chi connectivity index (χ3v) is 3.40. The molecule has 0 bridgehead atoms. The van der Waals surface area contributed by atoms with Crippen molar-refractivity contribution in [2.45, 2.75) is 18.6 Å². The Kier molecular flexibility index (Phi) is 7.51. The van der Waals surface area contributed by atoms with E-state index >= 15 is 0 Å². The van der Waals surface area contributed by atoms with Gasteiger partial charge in [0, 0.05) is 35.4 Å². The van der Waals surface area contributed by atoms with Gasteiger partial charge in [0.15, 0.2) is 0 Å². The van der Waals surface area contributed by atoms with Gasteiger partial charge >= 0.3 is 0 Å². The maximum absolute atomic E-state index is 11.0. The van der Waals surface area contributed by atoms with Crippen LogP contribution >= 0.6 is 0 Å². The van der Waals surface area contributed by atoms with Crippen molar-refractivity contribution in [2.75, 3.05) is 40.0 Å². The molecule has 0 fully saturated rings. The van der Waals surface area contributed by atoms with Crippen molar-refractivity contribution >= 4 is 10.8 Å². The van der Waals surface area contributed by atoms with Gasteiger partial charge < -0.3 is 10.2 Å². The maximum Gasteiger partial charge on any atom is 0.0329 e. The Hall–Kier alpha value is 0.0700. The first-order valence-corrected chi connectivity index (χ1v) is 6.34. The monoisotopic (exact) mass is 206 g/mol. The van der Waals surface area contributed by atoms with E-state index in [0.717, 1.165) is 26.1 Å². The fourth-order valence-electron chi connectivity index (χ4n) is 0.899. The summed E-state index contributed by atoms with van der Waals surface area (Å²) in [5.41, 5.74) is 0. The molecule has 0 aromatic carbocycles. The van der Waals surface area contributed by atoms with Gasteiger partial charge in [0.05, 0.1) is 0 Å². The lowest BCUT2D eigenvalue weighted by atomic mass is 10.3. The van der Waals surface area contributed by atoms with Crippen LogP contribution in [0.4, 0.5) is 0 Å². The first-order chi connectivity index (χ1) is 6.04. The fourth-order valence-corrected chi connectivity index (χ4v) is 1.35. The minimum Gasteiger partial charge on any atom is -0.315 e. The number of nitrogens with one attached hydrogen (secondary N) is 1. The fraction of sp³-hybridized carbons (Fsp3) is 1.00. The highest BCUT2D eigenvalue weighted by molar-refractivity contribution is 7.84. The van der Waals surface area contributed by atoms with E-state index in [1.165, 1.54) is 0 Å². The van der Waals surface area contributed by atoms with Crippen molar-refractivity contribution in [1.29, 1.82) is 0 Å². The molecule has 0 aromatic heterocycles. The third kappa shape index (κ3) is 8.40. The van der Waals surface area contributed by atoms with Gasteiger partial charge in [0.2, 0.25) is 0 Å². The van der Waals surface area contributed by atoms with Crippen LogP contribution in [0.25, 0.3) is 0 Å². The standard InChI is InChI=1S/C9H22N2OS/c1-9(13(4)12)5-6-10-7-8-11(2)3/h9-10H,5-8H2,1-4H3. The van der Waals surface area contributed by atoms with Gasteiger partial charge in [-0.3, -0.25) is 4.21 Å². The van der Waals surface area contributed by atoms with E-state index in [4.69, 9.17) is 0 Å². The smallest absolute Gasteiger partial charge is 0.0329 e. The van der Waals surface area contributed by atoms with Gasteiger partial charge in [0.25, 0.3) is 0 Å². The number of hydrogen-bond acceptors (Lipinski definition) is 3. The summed E-state index contributed by atoms with van der Waals surface area (Å²) in [6, 6.07) is 0. The van der Waals surface area contributed by atoms with Crippen LogP contribution in [0.15, 0.2) is 0 Å². The van der Waals surface area contributed by atoms with Crippen molar-refractivity contribution in [3.63, 3.8) is 0 Å². The average Bonchev–Trinajstić information content (AvgIpc) is 2.02. The molecule has 80 valence electrons. The van der Waals surface area contributed by atoms with Crippen LogP contribution in [0.5, 0.6) is 0 Å². The number of rotatable bonds is 7. The first kappa shape index (κ1) is 13.1. The molecule has 1 N–H and O–H groups in total. The third-order valence-electron chi connectivity index (χ3n) is 2.03. The normalized spacial score (nSPS) is 16.1. The van der Waals surface area contributed by atoms with E-state index in [-0.39, 0.29) is 0 Å². The van der Waals surface area contributed by atoms with Crippen molar-refractivity contribution < 1.29 is 4.21 Å². The summed E-state index contributed by atoms with van der Waals surface area (Å²) in [5, 5.41) is 3.64. The second kappa shape index (κ2) is 7.47. The second-order valence-electron chi connectivity index (χ2n) is 3.65. The number of likely N-dealkylation sites (N-methyl/N-ethyl adjacent to an activating group) is 1. The molecule has 0 rings (SSSR count). The summed E-state index contributed by atoms with van der Waals surface area (Å²) in [5.74, 6) is 0. The molecule has 0 aliphatic carbocycles. The Morgan fingerprint density at radius 3 is 2.46 bits per heavy atom. The average molecular weight is 206 g/mol. The highest BCUT2D eigenvalue weighted by Gasteiger charge is 2.04. The van der Waals surface area contributed by atoms with Crippen molar-refractivity contribution in [1.82, 2.24) is 10.2 Å². The summed E-state index contributed by atoms with van der Waals surface area (Å²) in [6.07, 6.45) is 2.76. The number of nitrogens with zero attached hydrogens (tertiary/aromatic N) is 1. The van der Waals surface area contributed by atoms with Gasteiger partial charge in [-0.15, -0.1) is 0 Å². The van der Waals surface area contributed by atoms with Gasteiger partial charge in [-0.25, -0.2) is 0 Å². The lowest BCUT2D eigenvalue weighted by Gasteiger charge is -2.11. The zero-order chi connectivity index (χ0) is 10.3. The van der Waals surface area contributed by atoms with E-state index in [1.807, 2.05) is 6.92 Å². The largest absolute Gasteiger partial charge is 0.315 e. The van der Waals surface area contributed by atoms with Crippen molar-refractivity contribution in [3.8, 4) is 0 Å². The molecule has 2 unspecified atom stereocenters. The summed E-state index contributed by atoms with van der Waals surface area (Å²) in [7, 11) is 3.45. The molecule has 4 heteroatoms. The Bertz CT molecular complexity index is 151. The molecular weight excluding hydrogens is 184 g/mol. The van der Waals surface area contributed by atoms with Gasteiger partial charge in [-0.1, -0.05) is 6.92 Å². The second-order valence-corrected chi connectivity index (χ2v) is 5.45. The molecule has 0 spiro atoms. The van der Waals surface area contributed by atoms with Crippen LogP contribution in [-0.2, 0) is 10.8 Å². The minimum atomic E-state index is -0.675. The summed E-state index contributed by atoms with van der Waals surface area (Å²) in [6.45, 7) is 5.07. The van der Waals surface area contributed by atoms with Gasteiger partial charge in [-0.05, 0) is 27.1 Å². The molecule has 2 atom stereocenters. The predicted molar refractivity (Wildman–Crippen MR) is 59.6 cm³/mol. The highest BCUT2D eigenvalue weighted by Crippen LogP contribution is 1.96. The summed E-state index contributed by atoms with van der Waals surface area (Å²) in [4.78, 5) is 2.15. The van der Waals surface area contributed by atoms with Crippen LogP contribution in [0.3, 0.4) is 0 Å². The topological polar surface area (TPSA) is 32.3 Å². The van der Waals surface area contributed by atoms with Crippen LogP contribution in [0.2, 0.25) is 0 Å². The summed E-state index contributed by atoms with van der Waals surface area (Å²) >= 11 is 0. The molecule has 0 amide bonds. The molecule has 0 radical (unpaired) electrons. The van der Waals surface area contributed by atoms with Crippen molar-refractivity contribution in [2.24, 2.45) is 0 Å². The zero-order valence-corrected chi connectivity index (χ0v) is 9.99. The molecule has 0 saturated heterocycles. The molecular formula is C9H22N2OS. The molecule has 3 nitrogen and oxygen atoms in total. The van der Waals surface area contributed by atoms with Crippen LogP contribution in [0.1, 0.15) is 13.3 Å². The molecule has 0 saturated carbocycles. The van der Waals surface area contributed by atoms with Crippen LogP contribution in [-0.4, -0.2) is 54.3 Å². The molecule has 0 aliphatic heterocycles.